The van der Waals surface area contributed by atoms with Gasteiger partial charge in [-0.1, -0.05) is 12.1 Å². The second-order valence-electron chi connectivity index (χ2n) is 6.07. The second kappa shape index (κ2) is 6.92. The number of anilines is 1. The van der Waals surface area contributed by atoms with E-state index in [1.165, 1.54) is 24.1 Å². The zero-order valence-corrected chi connectivity index (χ0v) is 13.8. The summed E-state index contributed by atoms with van der Waals surface area (Å²) in [7, 11) is 1.53. The predicted molar refractivity (Wildman–Crippen MR) is 90.2 cm³/mol. The van der Waals surface area contributed by atoms with Gasteiger partial charge in [0.25, 0.3) is 11.5 Å². The monoisotopic (exact) mass is 346 g/mol. The van der Waals surface area contributed by atoms with Crippen molar-refractivity contribution in [1.29, 1.82) is 0 Å². The molecule has 0 spiro atoms. The van der Waals surface area contributed by atoms with Crippen LogP contribution in [0, 0.1) is 5.82 Å². The average Bonchev–Trinajstić information content (AvgIpc) is 3.13. The Morgan fingerprint density at radius 1 is 1.32 bits per heavy atom. The van der Waals surface area contributed by atoms with E-state index in [1.807, 2.05) is 4.90 Å². The smallest absolute Gasteiger partial charge is 0.295 e. The topological polar surface area (TPSA) is 89.5 Å². The lowest BCUT2D eigenvalue weighted by Crippen LogP contribution is -2.31. The summed E-state index contributed by atoms with van der Waals surface area (Å²) in [6, 6.07) is 5.75. The van der Waals surface area contributed by atoms with Gasteiger partial charge in [-0.15, -0.1) is 0 Å². The van der Waals surface area contributed by atoms with E-state index in [4.69, 9.17) is 0 Å². The molecule has 132 valence electrons. The Balaban J connectivity index is 1.85. The van der Waals surface area contributed by atoms with Crippen LogP contribution >= 0.6 is 0 Å². The fourth-order valence-corrected chi connectivity index (χ4v) is 2.80. The van der Waals surface area contributed by atoms with Gasteiger partial charge in [-0.2, -0.15) is 0 Å². The fraction of sp³-hybridized carbons (Fsp3) is 0.353. The summed E-state index contributed by atoms with van der Waals surface area (Å²) in [5.74, 6) is -1.34. The highest BCUT2D eigenvalue weighted by molar-refractivity contribution is 5.94. The Bertz CT molecular complexity index is 829. The van der Waals surface area contributed by atoms with E-state index in [2.05, 4.69) is 9.97 Å². The quantitative estimate of drug-likeness (QED) is 0.875. The molecule has 1 saturated heterocycles. The molecule has 1 aliphatic rings. The Morgan fingerprint density at radius 2 is 1.96 bits per heavy atom. The molecule has 1 aromatic heterocycles. The van der Waals surface area contributed by atoms with Gasteiger partial charge in [0, 0.05) is 26.7 Å². The molecular weight excluding hydrogens is 327 g/mol. The molecule has 1 fully saturated rings. The molecule has 0 unspecified atom stereocenters. The molecule has 7 nitrogen and oxygen atoms in total. The number of nitrogens with zero attached hydrogens (tertiary/aromatic N) is 3. The lowest BCUT2D eigenvalue weighted by Gasteiger charge is -2.20. The maximum atomic E-state index is 13.0. The number of hydrogen-bond donors (Lipinski definition) is 2. The van der Waals surface area contributed by atoms with Gasteiger partial charge in [0.1, 0.15) is 5.82 Å². The van der Waals surface area contributed by atoms with Crippen LogP contribution in [0.3, 0.4) is 0 Å². The molecule has 2 aromatic rings. The number of benzene rings is 1. The van der Waals surface area contributed by atoms with Crippen LogP contribution in [0.4, 0.5) is 10.3 Å². The number of aromatic hydroxyl groups is 1. The molecule has 1 aromatic carbocycles. The first-order valence-electron chi connectivity index (χ1n) is 8.04. The fourth-order valence-electron chi connectivity index (χ4n) is 2.80. The van der Waals surface area contributed by atoms with Crippen LogP contribution in [0.25, 0.3) is 0 Å². The first-order valence-corrected chi connectivity index (χ1v) is 8.04. The summed E-state index contributed by atoms with van der Waals surface area (Å²) in [4.78, 5) is 34.4. The summed E-state index contributed by atoms with van der Waals surface area (Å²) < 4.78 is 13.0. The van der Waals surface area contributed by atoms with Crippen LogP contribution in [-0.4, -0.2) is 46.0 Å². The molecular formula is C17H19FN4O3. The van der Waals surface area contributed by atoms with E-state index in [-0.39, 0.29) is 18.1 Å². The van der Waals surface area contributed by atoms with Crippen LogP contribution in [0.15, 0.2) is 29.1 Å². The number of hydrogen-bond acceptors (Lipinski definition) is 5. The van der Waals surface area contributed by atoms with E-state index in [9.17, 15) is 19.1 Å². The average molecular weight is 346 g/mol. The van der Waals surface area contributed by atoms with Crippen molar-refractivity contribution >= 4 is 11.9 Å². The number of aromatic amines is 1. The van der Waals surface area contributed by atoms with Crippen molar-refractivity contribution < 1.29 is 14.3 Å². The zero-order chi connectivity index (χ0) is 18.0. The SMILES string of the molecule is CN(Cc1ccc(F)cc1)C(=O)c1nc(N2CCCC2)[nH]c(=O)c1O. The van der Waals surface area contributed by atoms with Gasteiger partial charge < -0.3 is 14.9 Å². The molecule has 2 N–H and O–H groups in total. The van der Waals surface area contributed by atoms with Gasteiger partial charge >= 0.3 is 0 Å². The summed E-state index contributed by atoms with van der Waals surface area (Å²) in [5, 5.41) is 9.96. The number of halogens is 1. The number of aromatic nitrogens is 2. The van der Waals surface area contributed by atoms with Gasteiger partial charge in [-0.05, 0) is 30.5 Å². The minimum Gasteiger partial charge on any atom is -0.501 e. The van der Waals surface area contributed by atoms with Gasteiger partial charge in [0.05, 0.1) is 0 Å². The molecule has 25 heavy (non-hydrogen) atoms. The Labute approximate surface area is 143 Å². The van der Waals surface area contributed by atoms with E-state index in [0.29, 0.717) is 5.95 Å². The van der Waals surface area contributed by atoms with Gasteiger partial charge in [0.2, 0.25) is 11.7 Å². The maximum Gasteiger partial charge on any atom is 0.295 e. The highest BCUT2D eigenvalue weighted by Gasteiger charge is 2.24. The molecule has 8 heteroatoms. The highest BCUT2D eigenvalue weighted by Crippen LogP contribution is 2.19. The third kappa shape index (κ3) is 3.62. The van der Waals surface area contributed by atoms with Gasteiger partial charge in [-0.3, -0.25) is 14.6 Å². The molecule has 1 aliphatic heterocycles. The van der Waals surface area contributed by atoms with Crippen LogP contribution in [-0.2, 0) is 6.54 Å². The minimum absolute atomic E-state index is 0.200. The lowest BCUT2D eigenvalue weighted by atomic mass is 10.2. The Morgan fingerprint density at radius 3 is 2.60 bits per heavy atom. The first kappa shape index (κ1) is 16.9. The molecule has 2 heterocycles. The molecule has 0 saturated carbocycles. The normalized spacial score (nSPS) is 13.9. The number of carbonyl (C=O) groups excluding carboxylic acids is 1. The molecule has 3 rings (SSSR count). The summed E-state index contributed by atoms with van der Waals surface area (Å²) >= 11 is 0. The molecule has 1 amide bonds. The largest absolute Gasteiger partial charge is 0.501 e. The minimum atomic E-state index is -0.740. The van der Waals surface area contributed by atoms with Crippen molar-refractivity contribution in [2.24, 2.45) is 0 Å². The van der Waals surface area contributed by atoms with Crippen LogP contribution in [0.5, 0.6) is 5.75 Å². The Kier molecular flexibility index (Phi) is 4.69. The zero-order valence-electron chi connectivity index (χ0n) is 13.8. The van der Waals surface area contributed by atoms with Crippen molar-refractivity contribution in [3.63, 3.8) is 0 Å². The second-order valence-corrected chi connectivity index (χ2v) is 6.07. The molecule has 0 radical (unpaired) electrons. The van der Waals surface area contributed by atoms with Crippen LogP contribution < -0.4 is 10.5 Å². The number of rotatable bonds is 4. The predicted octanol–water partition coefficient (Wildman–Crippen LogP) is 1.49. The standard InChI is InChI=1S/C17H19FN4O3/c1-21(10-11-4-6-12(18)7-5-11)16(25)13-14(23)15(24)20-17(19-13)22-8-2-3-9-22/h4-7,23H,2-3,8-10H2,1H3,(H,19,20,24). The summed E-state index contributed by atoms with van der Waals surface area (Å²) in [6.07, 6.45) is 1.97. The maximum absolute atomic E-state index is 13.0. The van der Waals surface area contributed by atoms with Gasteiger partial charge in [0.15, 0.2) is 5.69 Å². The third-order valence-electron chi connectivity index (χ3n) is 4.17. The Hall–Kier alpha value is -2.90. The third-order valence-corrected chi connectivity index (χ3v) is 4.17. The van der Waals surface area contributed by atoms with E-state index < -0.39 is 17.2 Å². The molecule has 0 bridgehead atoms. The van der Waals surface area contributed by atoms with Crippen molar-refractivity contribution in [2.45, 2.75) is 19.4 Å². The van der Waals surface area contributed by atoms with Crippen molar-refractivity contribution in [3.8, 4) is 5.75 Å². The number of amides is 1. The van der Waals surface area contributed by atoms with Crippen LogP contribution in [0.2, 0.25) is 0 Å². The van der Waals surface area contributed by atoms with E-state index in [0.717, 1.165) is 31.5 Å². The summed E-state index contributed by atoms with van der Waals surface area (Å²) in [5.41, 5.74) is -0.299. The van der Waals surface area contributed by atoms with Crippen molar-refractivity contribution in [1.82, 2.24) is 14.9 Å². The van der Waals surface area contributed by atoms with Crippen molar-refractivity contribution in [2.75, 3.05) is 25.0 Å². The molecule has 0 aliphatic carbocycles. The van der Waals surface area contributed by atoms with E-state index in [1.54, 1.807) is 12.1 Å². The number of H-pyrrole nitrogens is 1. The first-order chi connectivity index (χ1) is 12.0. The molecule has 0 atom stereocenters. The number of nitrogens with one attached hydrogen (secondary N) is 1. The van der Waals surface area contributed by atoms with Gasteiger partial charge in [-0.25, -0.2) is 9.37 Å². The van der Waals surface area contributed by atoms with E-state index >= 15 is 0 Å². The van der Waals surface area contributed by atoms with Crippen LogP contribution in [0.1, 0.15) is 28.9 Å². The lowest BCUT2D eigenvalue weighted by molar-refractivity contribution is 0.0775. The summed E-state index contributed by atoms with van der Waals surface area (Å²) in [6.45, 7) is 1.69. The highest BCUT2D eigenvalue weighted by atomic mass is 19.1. The number of carbonyl (C=O) groups is 1. The van der Waals surface area contributed by atoms with Crippen molar-refractivity contribution in [3.05, 3.63) is 51.7 Å².